The molecule has 7 nitrogen and oxygen atoms in total. The fraction of sp³-hybridized carbons (Fsp3) is 0. The van der Waals surface area contributed by atoms with Gasteiger partial charge in [-0.2, -0.15) is 0 Å². The lowest BCUT2D eigenvalue weighted by atomic mass is 10.2. The number of nitrogens with two attached hydrogens (primary N) is 1. The minimum Gasteiger partial charge on any atom is -0.409 e. The Kier molecular flexibility index (Phi) is 4.33. The maximum absolute atomic E-state index is 12.9. The molecule has 21 heavy (non-hydrogen) atoms. The Balaban J connectivity index is 2.42. The van der Waals surface area contributed by atoms with Crippen molar-refractivity contribution in [3.63, 3.8) is 0 Å². The summed E-state index contributed by atoms with van der Waals surface area (Å²) in [6.45, 7) is 0. The molecule has 0 amide bonds. The molecule has 1 heterocycles. The fourth-order valence-electron chi connectivity index (χ4n) is 1.47. The van der Waals surface area contributed by atoms with Crippen LogP contribution in [0.5, 0.6) is 0 Å². The van der Waals surface area contributed by atoms with Gasteiger partial charge in [0.1, 0.15) is 17.0 Å². The van der Waals surface area contributed by atoms with Crippen LogP contribution in [0, 0.1) is 15.9 Å². The van der Waals surface area contributed by atoms with Crippen LogP contribution in [0.1, 0.15) is 5.56 Å². The van der Waals surface area contributed by atoms with Crippen molar-refractivity contribution in [2.45, 2.75) is 9.92 Å². The van der Waals surface area contributed by atoms with Gasteiger partial charge in [0.2, 0.25) is 0 Å². The van der Waals surface area contributed by atoms with Crippen molar-refractivity contribution in [1.82, 2.24) is 4.98 Å². The van der Waals surface area contributed by atoms with E-state index in [9.17, 15) is 14.5 Å². The van der Waals surface area contributed by atoms with E-state index >= 15 is 0 Å². The van der Waals surface area contributed by atoms with Gasteiger partial charge in [-0.25, -0.2) is 9.37 Å². The minimum absolute atomic E-state index is 0.126. The van der Waals surface area contributed by atoms with E-state index in [1.165, 1.54) is 24.3 Å². The van der Waals surface area contributed by atoms with E-state index in [1.54, 1.807) is 0 Å². The van der Waals surface area contributed by atoms with Crippen molar-refractivity contribution < 1.29 is 14.5 Å². The third-order valence-corrected chi connectivity index (χ3v) is 3.49. The zero-order chi connectivity index (χ0) is 15.4. The van der Waals surface area contributed by atoms with Crippen molar-refractivity contribution in [2.24, 2.45) is 10.9 Å². The average molecular weight is 308 g/mol. The molecular formula is C12H9FN4O3S. The highest BCUT2D eigenvalue weighted by molar-refractivity contribution is 7.99. The topological polar surface area (TPSA) is 115 Å². The number of nitro groups is 1. The summed E-state index contributed by atoms with van der Waals surface area (Å²) in [7, 11) is 0. The highest BCUT2D eigenvalue weighted by Crippen LogP contribution is 2.30. The number of halogens is 1. The van der Waals surface area contributed by atoms with Gasteiger partial charge in [-0.15, -0.1) is 0 Å². The predicted molar refractivity (Wildman–Crippen MR) is 73.9 cm³/mol. The van der Waals surface area contributed by atoms with Crippen molar-refractivity contribution >= 4 is 23.3 Å². The maximum atomic E-state index is 12.9. The summed E-state index contributed by atoms with van der Waals surface area (Å²) in [5.41, 5.74) is 5.35. The van der Waals surface area contributed by atoms with Crippen molar-refractivity contribution in [3.8, 4) is 0 Å². The SMILES string of the molecule is NC(=NO)c1cc([N+](=O)[O-])cnc1Sc1ccc(F)cc1. The monoisotopic (exact) mass is 308 g/mol. The van der Waals surface area contributed by atoms with Gasteiger partial charge in [0.05, 0.1) is 10.5 Å². The third kappa shape index (κ3) is 3.45. The van der Waals surface area contributed by atoms with Crippen LogP contribution >= 0.6 is 11.8 Å². The molecule has 0 radical (unpaired) electrons. The van der Waals surface area contributed by atoms with Crippen LogP contribution in [0.2, 0.25) is 0 Å². The van der Waals surface area contributed by atoms with Gasteiger partial charge in [0, 0.05) is 11.0 Å². The van der Waals surface area contributed by atoms with Crippen molar-refractivity contribution in [2.75, 3.05) is 0 Å². The fourth-order valence-corrected chi connectivity index (χ4v) is 2.35. The van der Waals surface area contributed by atoms with E-state index < -0.39 is 4.92 Å². The van der Waals surface area contributed by atoms with Gasteiger partial charge < -0.3 is 10.9 Å². The normalized spacial score (nSPS) is 11.4. The van der Waals surface area contributed by atoms with Gasteiger partial charge in [-0.3, -0.25) is 10.1 Å². The summed E-state index contributed by atoms with van der Waals surface area (Å²) in [6, 6.07) is 6.76. The molecule has 0 bridgehead atoms. The molecule has 1 aromatic carbocycles. The molecule has 0 spiro atoms. The first kappa shape index (κ1) is 14.7. The molecule has 9 heteroatoms. The Hall–Kier alpha value is -2.68. The predicted octanol–water partition coefficient (Wildman–Crippen LogP) is 2.37. The summed E-state index contributed by atoms with van der Waals surface area (Å²) in [5.74, 6) is -0.677. The number of pyridine rings is 1. The quantitative estimate of drug-likeness (QED) is 0.294. The van der Waals surface area contributed by atoms with Crippen LogP contribution in [0.4, 0.5) is 10.1 Å². The molecular weight excluding hydrogens is 299 g/mol. The Morgan fingerprint density at radius 2 is 2.10 bits per heavy atom. The lowest BCUT2D eigenvalue weighted by Gasteiger charge is -2.06. The number of hydrogen-bond donors (Lipinski definition) is 2. The smallest absolute Gasteiger partial charge is 0.288 e. The van der Waals surface area contributed by atoms with E-state index in [1.807, 2.05) is 0 Å². The number of oxime groups is 1. The lowest BCUT2D eigenvalue weighted by molar-refractivity contribution is -0.385. The second-order valence-corrected chi connectivity index (χ2v) is 4.91. The van der Waals surface area contributed by atoms with Crippen LogP contribution < -0.4 is 5.73 Å². The van der Waals surface area contributed by atoms with Crippen LogP contribution in [-0.2, 0) is 0 Å². The number of amidine groups is 1. The zero-order valence-electron chi connectivity index (χ0n) is 10.4. The Labute approximate surface area is 122 Å². The Bertz CT molecular complexity index is 706. The average Bonchev–Trinajstić information content (AvgIpc) is 2.49. The summed E-state index contributed by atoms with van der Waals surface area (Å²) >= 11 is 1.11. The molecule has 2 aromatic rings. The molecule has 0 unspecified atom stereocenters. The molecule has 0 aliphatic heterocycles. The standard InChI is InChI=1S/C12H9FN4O3S/c13-7-1-3-9(4-2-7)21-12-10(11(14)16-18)5-8(6-15-12)17(19)20/h1-6,18H,(H2,14,16). The maximum Gasteiger partial charge on any atom is 0.288 e. The van der Waals surface area contributed by atoms with Gasteiger partial charge in [0.25, 0.3) is 5.69 Å². The van der Waals surface area contributed by atoms with Crippen molar-refractivity contribution in [3.05, 3.63) is 58.0 Å². The van der Waals surface area contributed by atoms with Gasteiger partial charge in [0.15, 0.2) is 5.84 Å². The summed E-state index contributed by atoms with van der Waals surface area (Å²) < 4.78 is 12.9. The van der Waals surface area contributed by atoms with E-state index in [0.29, 0.717) is 9.92 Å². The molecule has 0 aliphatic rings. The molecule has 3 N–H and O–H groups in total. The minimum atomic E-state index is -0.631. The number of benzene rings is 1. The first-order valence-electron chi connectivity index (χ1n) is 5.57. The molecule has 0 saturated heterocycles. The Morgan fingerprint density at radius 3 is 2.67 bits per heavy atom. The van der Waals surface area contributed by atoms with Crippen molar-refractivity contribution in [1.29, 1.82) is 0 Å². The first-order chi connectivity index (χ1) is 10.0. The third-order valence-electron chi connectivity index (χ3n) is 2.46. The second-order valence-electron chi connectivity index (χ2n) is 3.84. The summed E-state index contributed by atoms with van der Waals surface area (Å²) in [5, 5.41) is 22.6. The lowest BCUT2D eigenvalue weighted by Crippen LogP contribution is -2.15. The highest BCUT2D eigenvalue weighted by atomic mass is 32.2. The van der Waals surface area contributed by atoms with Gasteiger partial charge in [-0.05, 0) is 24.3 Å². The molecule has 108 valence electrons. The molecule has 0 aliphatic carbocycles. The van der Waals surface area contributed by atoms with E-state index in [0.717, 1.165) is 24.0 Å². The van der Waals surface area contributed by atoms with Crippen LogP contribution in [0.3, 0.4) is 0 Å². The van der Waals surface area contributed by atoms with Crippen LogP contribution in [-0.4, -0.2) is 21.0 Å². The number of aromatic nitrogens is 1. The van der Waals surface area contributed by atoms with E-state index in [-0.39, 0.29) is 22.9 Å². The van der Waals surface area contributed by atoms with E-state index in [2.05, 4.69) is 10.1 Å². The molecule has 0 fully saturated rings. The number of hydrogen-bond acceptors (Lipinski definition) is 6. The summed E-state index contributed by atoms with van der Waals surface area (Å²) in [6.07, 6.45) is 1.07. The highest BCUT2D eigenvalue weighted by Gasteiger charge is 2.16. The molecule has 2 rings (SSSR count). The largest absolute Gasteiger partial charge is 0.409 e. The van der Waals surface area contributed by atoms with Crippen LogP contribution in [0.15, 0.2) is 51.6 Å². The zero-order valence-corrected chi connectivity index (χ0v) is 11.2. The first-order valence-corrected chi connectivity index (χ1v) is 6.38. The van der Waals surface area contributed by atoms with Crippen LogP contribution in [0.25, 0.3) is 0 Å². The Morgan fingerprint density at radius 1 is 1.43 bits per heavy atom. The number of rotatable bonds is 4. The number of nitrogens with zero attached hydrogens (tertiary/aromatic N) is 3. The second kappa shape index (κ2) is 6.18. The summed E-state index contributed by atoms with van der Waals surface area (Å²) in [4.78, 5) is 14.7. The van der Waals surface area contributed by atoms with Gasteiger partial charge in [-0.1, -0.05) is 16.9 Å². The van der Waals surface area contributed by atoms with E-state index in [4.69, 9.17) is 10.9 Å². The molecule has 0 saturated carbocycles. The molecule has 1 aromatic heterocycles. The van der Waals surface area contributed by atoms with Gasteiger partial charge >= 0.3 is 0 Å². The molecule has 0 atom stereocenters.